The summed E-state index contributed by atoms with van der Waals surface area (Å²) in [4.78, 5) is 0. The van der Waals surface area contributed by atoms with Gasteiger partial charge in [-0.05, 0) is 19.4 Å². The van der Waals surface area contributed by atoms with Gasteiger partial charge in [-0.2, -0.15) is 0 Å². The number of benzene rings is 1. The van der Waals surface area contributed by atoms with Gasteiger partial charge in [0.1, 0.15) is 6.79 Å². The van der Waals surface area contributed by atoms with E-state index in [1.165, 1.54) is 0 Å². The molecule has 0 aliphatic carbocycles. The van der Waals surface area contributed by atoms with Gasteiger partial charge in [0.25, 0.3) is 0 Å². The Morgan fingerprint density at radius 2 is 1.80 bits per heavy atom. The fourth-order valence-corrected chi connectivity index (χ4v) is 1.10. The van der Waals surface area contributed by atoms with Gasteiger partial charge in [-0.1, -0.05) is 30.3 Å². The molecule has 0 radical (unpaired) electrons. The van der Waals surface area contributed by atoms with Crippen LogP contribution in [0, 0.1) is 0 Å². The van der Waals surface area contributed by atoms with Crippen molar-refractivity contribution < 1.29 is 9.47 Å². The highest BCUT2D eigenvalue weighted by Crippen LogP contribution is 2.01. The highest BCUT2D eigenvalue weighted by atomic mass is 16.7. The first-order valence-electron chi connectivity index (χ1n) is 5.06. The van der Waals surface area contributed by atoms with Crippen LogP contribution in [0.3, 0.4) is 0 Å². The number of ether oxygens (including phenoxy) is 2. The largest absolute Gasteiger partial charge is 0.354 e. The third-order valence-corrected chi connectivity index (χ3v) is 1.75. The Labute approximate surface area is 91.2 Å². The average Bonchev–Trinajstić information content (AvgIpc) is 2.17. The second-order valence-electron chi connectivity index (χ2n) is 4.29. The Balaban J connectivity index is 2.08. The first-order chi connectivity index (χ1) is 7.08. The summed E-state index contributed by atoms with van der Waals surface area (Å²) in [6.07, 6.45) is 0. The molecular weight excluding hydrogens is 190 g/mol. The normalized spacial score (nSPS) is 11.7. The van der Waals surface area contributed by atoms with Crippen LogP contribution in [0.25, 0.3) is 0 Å². The van der Waals surface area contributed by atoms with E-state index in [2.05, 4.69) is 0 Å². The predicted octanol–water partition coefficient (Wildman–Crippen LogP) is 1.91. The SMILES string of the molecule is CC(C)(N)COCOCc1ccccc1. The molecule has 0 amide bonds. The third kappa shape index (κ3) is 6.23. The highest BCUT2D eigenvalue weighted by molar-refractivity contribution is 5.13. The van der Waals surface area contributed by atoms with Crippen LogP contribution < -0.4 is 5.73 Å². The maximum atomic E-state index is 5.75. The van der Waals surface area contributed by atoms with Gasteiger partial charge < -0.3 is 15.2 Å². The lowest BCUT2D eigenvalue weighted by Gasteiger charge is -2.18. The molecule has 0 fully saturated rings. The fraction of sp³-hybridized carbons (Fsp3) is 0.500. The molecule has 0 unspecified atom stereocenters. The van der Waals surface area contributed by atoms with Gasteiger partial charge in [0.2, 0.25) is 0 Å². The summed E-state index contributed by atoms with van der Waals surface area (Å²) in [7, 11) is 0. The molecule has 3 heteroatoms. The van der Waals surface area contributed by atoms with Crippen LogP contribution in [-0.2, 0) is 16.1 Å². The van der Waals surface area contributed by atoms with Crippen LogP contribution in [0.2, 0.25) is 0 Å². The summed E-state index contributed by atoms with van der Waals surface area (Å²) in [5.74, 6) is 0. The van der Waals surface area contributed by atoms with Crippen molar-refractivity contribution in [2.45, 2.75) is 26.0 Å². The Morgan fingerprint density at radius 3 is 2.40 bits per heavy atom. The molecule has 0 atom stereocenters. The molecule has 0 saturated carbocycles. The Bertz CT molecular complexity index is 267. The van der Waals surface area contributed by atoms with Gasteiger partial charge in [-0.3, -0.25) is 0 Å². The molecule has 2 N–H and O–H groups in total. The smallest absolute Gasteiger partial charge is 0.147 e. The Hall–Kier alpha value is -0.900. The standard InChI is InChI=1S/C12H19NO2/c1-12(2,13)9-15-10-14-8-11-6-4-3-5-7-11/h3-7H,8-10,13H2,1-2H3. The zero-order chi connectivity index (χ0) is 11.1. The first-order valence-corrected chi connectivity index (χ1v) is 5.06. The van der Waals surface area contributed by atoms with Crippen molar-refractivity contribution in [3.05, 3.63) is 35.9 Å². The Kier molecular flexibility index (Phi) is 4.75. The summed E-state index contributed by atoms with van der Waals surface area (Å²) in [6.45, 7) is 5.21. The van der Waals surface area contributed by atoms with Crippen molar-refractivity contribution in [2.75, 3.05) is 13.4 Å². The van der Waals surface area contributed by atoms with Crippen molar-refractivity contribution in [3.8, 4) is 0 Å². The van der Waals surface area contributed by atoms with Gasteiger partial charge in [-0.15, -0.1) is 0 Å². The molecule has 1 aromatic rings. The number of rotatable bonds is 6. The van der Waals surface area contributed by atoms with Crippen molar-refractivity contribution >= 4 is 0 Å². The van der Waals surface area contributed by atoms with E-state index in [9.17, 15) is 0 Å². The molecule has 0 heterocycles. The molecule has 84 valence electrons. The minimum Gasteiger partial charge on any atom is -0.354 e. The minimum absolute atomic E-state index is 0.287. The molecule has 0 aromatic heterocycles. The van der Waals surface area contributed by atoms with Crippen molar-refractivity contribution in [1.82, 2.24) is 0 Å². The molecular formula is C12H19NO2. The zero-order valence-corrected chi connectivity index (χ0v) is 9.40. The lowest BCUT2D eigenvalue weighted by molar-refractivity contribution is -0.0720. The van der Waals surface area contributed by atoms with E-state index in [1.54, 1.807) is 0 Å². The molecule has 0 aliphatic heterocycles. The lowest BCUT2D eigenvalue weighted by atomic mass is 10.1. The summed E-state index contributed by atoms with van der Waals surface area (Å²) >= 11 is 0. The summed E-state index contributed by atoms with van der Waals surface area (Å²) in [5.41, 5.74) is 6.60. The number of nitrogens with two attached hydrogens (primary N) is 1. The summed E-state index contributed by atoms with van der Waals surface area (Å²) < 4.78 is 10.6. The van der Waals surface area contributed by atoms with Gasteiger partial charge in [0.05, 0.1) is 13.2 Å². The van der Waals surface area contributed by atoms with Crippen LogP contribution in [0.1, 0.15) is 19.4 Å². The maximum Gasteiger partial charge on any atom is 0.147 e. The molecule has 3 nitrogen and oxygen atoms in total. The molecule has 0 bridgehead atoms. The molecule has 1 rings (SSSR count). The van der Waals surface area contributed by atoms with Crippen molar-refractivity contribution in [1.29, 1.82) is 0 Å². The molecule has 0 spiro atoms. The van der Waals surface area contributed by atoms with Crippen LogP contribution in [0.15, 0.2) is 30.3 Å². The van der Waals surface area contributed by atoms with Crippen LogP contribution in [-0.4, -0.2) is 18.9 Å². The second kappa shape index (κ2) is 5.85. The fourth-order valence-electron chi connectivity index (χ4n) is 1.10. The van der Waals surface area contributed by atoms with Gasteiger partial charge in [-0.25, -0.2) is 0 Å². The zero-order valence-electron chi connectivity index (χ0n) is 9.40. The third-order valence-electron chi connectivity index (χ3n) is 1.75. The first kappa shape index (κ1) is 12.2. The molecule has 15 heavy (non-hydrogen) atoms. The number of hydrogen-bond acceptors (Lipinski definition) is 3. The predicted molar refractivity (Wildman–Crippen MR) is 60.3 cm³/mol. The van der Waals surface area contributed by atoms with E-state index in [4.69, 9.17) is 15.2 Å². The van der Waals surface area contributed by atoms with Crippen LogP contribution in [0.4, 0.5) is 0 Å². The lowest BCUT2D eigenvalue weighted by Crippen LogP contribution is -2.37. The van der Waals surface area contributed by atoms with Gasteiger partial charge in [0.15, 0.2) is 0 Å². The van der Waals surface area contributed by atoms with E-state index in [-0.39, 0.29) is 12.3 Å². The van der Waals surface area contributed by atoms with E-state index >= 15 is 0 Å². The van der Waals surface area contributed by atoms with Gasteiger partial charge >= 0.3 is 0 Å². The summed E-state index contributed by atoms with van der Waals surface area (Å²) in [6, 6.07) is 10.0. The van der Waals surface area contributed by atoms with Crippen molar-refractivity contribution in [3.63, 3.8) is 0 Å². The maximum absolute atomic E-state index is 5.75. The Morgan fingerprint density at radius 1 is 1.13 bits per heavy atom. The molecule has 1 aromatic carbocycles. The van der Waals surface area contributed by atoms with E-state index in [1.807, 2.05) is 44.2 Å². The monoisotopic (exact) mass is 209 g/mol. The van der Waals surface area contributed by atoms with E-state index < -0.39 is 0 Å². The second-order valence-corrected chi connectivity index (χ2v) is 4.29. The van der Waals surface area contributed by atoms with Crippen LogP contribution >= 0.6 is 0 Å². The van der Waals surface area contributed by atoms with E-state index in [0.29, 0.717) is 13.2 Å². The highest BCUT2D eigenvalue weighted by Gasteiger charge is 2.09. The van der Waals surface area contributed by atoms with Crippen molar-refractivity contribution in [2.24, 2.45) is 5.73 Å². The minimum atomic E-state index is -0.296. The molecule has 0 aliphatic rings. The van der Waals surface area contributed by atoms with Gasteiger partial charge in [0, 0.05) is 5.54 Å². The summed E-state index contributed by atoms with van der Waals surface area (Å²) in [5, 5.41) is 0. The van der Waals surface area contributed by atoms with Crippen LogP contribution in [0.5, 0.6) is 0 Å². The topological polar surface area (TPSA) is 44.5 Å². The quantitative estimate of drug-likeness (QED) is 0.575. The average molecular weight is 209 g/mol. The molecule has 0 saturated heterocycles. The number of hydrogen-bond donors (Lipinski definition) is 1. The van der Waals surface area contributed by atoms with E-state index in [0.717, 1.165) is 5.56 Å².